The third-order valence-electron chi connectivity index (χ3n) is 2.27. The van der Waals surface area contributed by atoms with Gasteiger partial charge in [0.25, 0.3) is 0 Å². The van der Waals surface area contributed by atoms with Gasteiger partial charge >= 0.3 is 114 Å². The van der Waals surface area contributed by atoms with Crippen molar-refractivity contribution in [1.29, 1.82) is 0 Å². The predicted molar refractivity (Wildman–Crippen MR) is 70.2 cm³/mol. The van der Waals surface area contributed by atoms with Crippen LogP contribution in [-0.4, -0.2) is 43.5 Å². The van der Waals surface area contributed by atoms with Crippen LogP contribution in [0.3, 0.4) is 0 Å². The number of hydrogen-bond donors (Lipinski definition) is 2. The van der Waals surface area contributed by atoms with E-state index in [4.69, 9.17) is 4.55 Å². The fourth-order valence-electron chi connectivity index (χ4n) is 1.20. The minimum atomic E-state index is -3.84. The van der Waals surface area contributed by atoms with Crippen molar-refractivity contribution in [2.45, 2.75) is 19.8 Å². The molecule has 0 fully saturated rings. The first-order chi connectivity index (χ1) is 8.03. The van der Waals surface area contributed by atoms with E-state index in [2.05, 4.69) is 21.8 Å². The zero-order chi connectivity index (χ0) is 14.4. The topological polar surface area (TPSA) is 83.5 Å². The number of amides is 1. The van der Waals surface area contributed by atoms with Crippen LogP contribution in [0.4, 0.5) is 0 Å². The van der Waals surface area contributed by atoms with Crippen molar-refractivity contribution in [3.63, 3.8) is 0 Å². The molecule has 0 heterocycles. The molecule has 0 unspecified atom stereocenters. The second kappa shape index (κ2) is 7.44. The van der Waals surface area contributed by atoms with Crippen LogP contribution >= 0.6 is 0 Å². The number of alkyl halides is 4. The summed E-state index contributed by atoms with van der Waals surface area (Å²) in [7, 11) is -3.84. The number of unbranched alkanes of at least 4 members (excludes halogenated alkanes) is 1. The van der Waals surface area contributed by atoms with E-state index >= 15 is 0 Å². The monoisotopic (exact) mass is 392 g/mol. The minimum absolute atomic E-state index is 0.121. The zero-order valence-electron chi connectivity index (χ0n) is 11.2. The Labute approximate surface area is 114 Å². The number of nitrogens with one attached hydrogen (secondary N) is 1. The van der Waals surface area contributed by atoms with Crippen LogP contribution in [0.1, 0.15) is 19.8 Å². The second-order valence-corrected chi connectivity index (χ2v) is 17.5. The Bertz CT molecular complexity index is 403. The van der Waals surface area contributed by atoms with E-state index < -0.39 is 28.6 Å². The Kier molecular flexibility index (Phi) is 7.38. The fourth-order valence-corrected chi connectivity index (χ4v) is 6.13. The Hall–Kier alpha value is -0.150. The number of rotatable bonds is 8. The van der Waals surface area contributed by atoms with Crippen molar-refractivity contribution in [3.8, 4) is 0 Å². The van der Waals surface area contributed by atoms with Crippen LogP contribution in [0.15, 0.2) is 12.2 Å². The van der Waals surface area contributed by atoms with Crippen LogP contribution < -0.4 is 23.8 Å². The maximum absolute atomic E-state index is 11.4. The molecule has 2 N–H and O–H groups in total. The van der Waals surface area contributed by atoms with E-state index in [-0.39, 0.29) is 11.7 Å². The molecule has 7 heteroatoms. The summed E-state index contributed by atoms with van der Waals surface area (Å²) >= 11 is -1.99. The third-order valence-corrected chi connectivity index (χ3v) is 9.21. The summed E-state index contributed by atoms with van der Waals surface area (Å²) in [6.07, 6.45) is 1.24. The molecule has 5 nitrogen and oxygen atoms in total. The predicted octanol–water partition coefficient (Wildman–Crippen LogP) is -2.28. The summed E-state index contributed by atoms with van der Waals surface area (Å²) in [5.74, 6) is -0.299. The molecular weight excluding hydrogens is 369 g/mol. The molecule has 0 spiro atoms. The van der Waals surface area contributed by atoms with Gasteiger partial charge in [0, 0.05) is 0 Å². The van der Waals surface area contributed by atoms with Gasteiger partial charge in [-0.25, -0.2) is 0 Å². The van der Waals surface area contributed by atoms with Gasteiger partial charge in [0.05, 0.1) is 0 Å². The molecule has 0 aromatic carbocycles. The van der Waals surface area contributed by atoms with Gasteiger partial charge in [0.1, 0.15) is 0 Å². The zero-order valence-corrected chi connectivity index (χ0v) is 14.2. The quantitative estimate of drug-likeness (QED) is 0.122. The standard InChI is InChI=1S/C11H23INO4S/c1-10(2)11(14)13-9-12(3,4)7-5-6-8-18(15,16)17/h1,5-9H2,2-4H3,(H,13,14)(H,15,16,17)/q-1. The summed E-state index contributed by atoms with van der Waals surface area (Å²) < 4.78 is 31.4. The molecular formula is C11H23INO4S-. The van der Waals surface area contributed by atoms with Gasteiger partial charge in [-0.2, -0.15) is 0 Å². The first-order valence-electron chi connectivity index (χ1n) is 5.51. The average Bonchev–Trinajstić information content (AvgIpc) is 2.20. The second-order valence-electron chi connectivity index (χ2n) is 4.74. The summed E-state index contributed by atoms with van der Waals surface area (Å²) in [5, 5.41) is 2.85. The molecule has 0 saturated carbocycles. The molecule has 110 valence electrons. The van der Waals surface area contributed by atoms with Crippen molar-refractivity contribution < 1.29 is 36.2 Å². The van der Waals surface area contributed by atoms with E-state index in [9.17, 15) is 13.2 Å². The van der Waals surface area contributed by atoms with Gasteiger partial charge in [-0.15, -0.1) is 0 Å². The van der Waals surface area contributed by atoms with Crippen molar-refractivity contribution in [3.05, 3.63) is 12.2 Å². The van der Waals surface area contributed by atoms with Gasteiger partial charge in [0.15, 0.2) is 0 Å². The van der Waals surface area contributed by atoms with Gasteiger partial charge in [-0.1, -0.05) is 0 Å². The Morgan fingerprint density at radius 2 is 1.89 bits per heavy atom. The molecule has 1 amide bonds. The number of carbonyl (C=O) groups is 1. The van der Waals surface area contributed by atoms with Gasteiger partial charge < -0.3 is 0 Å². The number of carbonyl (C=O) groups excluding carboxylic acids is 1. The Balaban J connectivity index is 3.94. The molecule has 18 heavy (non-hydrogen) atoms. The van der Waals surface area contributed by atoms with Crippen LogP contribution in [0.25, 0.3) is 0 Å². The normalized spacial score (nSPS) is 13.1. The molecule has 0 aromatic rings. The summed E-state index contributed by atoms with van der Waals surface area (Å²) in [4.78, 5) is 15.7. The van der Waals surface area contributed by atoms with E-state index in [1.54, 1.807) is 6.92 Å². The molecule has 0 aliphatic carbocycles. The first-order valence-corrected chi connectivity index (χ1v) is 14.5. The summed E-state index contributed by atoms with van der Waals surface area (Å²) in [6, 6.07) is 0. The summed E-state index contributed by atoms with van der Waals surface area (Å²) in [5.41, 5.74) is 0.498. The number of halogens is 1. The first kappa shape index (κ1) is 17.8. The van der Waals surface area contributed by atoms with E-state index in [0.717, 1.165) is 10.8 Å². The molecule has 0 saturated heterocycles. The molecule has 0 aliphatic heterocycles. The Morgan fingerprint density at radius 3 is 2.33 bits per heavy atom. The van der Waals surface area contributed by atoms with Crippen molar-refractivity contribution in [1.82, 2.24) is 5.32 Å². The maximum atomic E-state index is 11.4. The summed E-state index contributed by atoms with van der Waals surface area (Å²) in [6.45, 7) is 5.24. The van der Waals surface area contributed by atoms with Gasteiger partial charge in [0.2, 0.25) is 0 Å². The van der Waals surface area contributed by atoms with Crippen molar-refractivity contribution in [2.24, 2.45) is 0 Å². The van der Waals surface area contributed by atoms with Crippen LogP contribution in [-0.2, 0) is 14.9 Å². The SMILES string of the molecule is C=C(C)C(=O)NC[I-](C)(C)CCCCS(=O)(=O)O. The van der Waals surface area contributed by atoms with E-state index in [0.29, 0.717) is 16.5 Å². The number of hydrogen-bond acceptors (Lipinski definition) is 3. The third kappa shape index (κ3) is 9.84. The average molecular weight is 392 g/mol. The van der Waals surface area contributed by atoms with Crippen LogP contribution in [0.2, 0.25) is 0 Å². The van der Waals surface area contributed by atoms with Crippen LogP contribution in [0.5, 0.6) is 0 Å². The molecule has 0 bridgehead atoms. The van der Waals surface area contributed by atoms with Crippen molar-refractivity contribution in [2.75, 3.05) is 24.6 Å². The molecule has 0 radical (unpaired) electrons. The molecule has 0 atom stereocenters. The molecule has 0 aliphatic rings. The van der Waals surface area contributed by atoms with E-state index in [1.165, 1.54) is 0 Å². The van der Waals surface area contributed by atoms with Gasteiger partial charge in [-0.05, 0) is 0 Å². The molecule has 0 aromatic heterocycles. The van der Waals surface area contributed by atoms with Gasteiger partial charge in [-0.3, -0.25) is 0 Å². The van der Waals surface area contributed by atoms with E-state index in [1.807, 2.05) is 0 Å². The van der Waals surface area contributed by atoms with Crippen LogP contribution in [0, 0.1) is 0 Å². The Morgan fingerprint density at radius 1 is 1.33 bits per heavy atom. The molecule has 0 rings (SSSR count). The van der Waals surface area contributed by atoms with Crippen molar-refractivity contribution >= 4 is 16.0 Å². The fraction of sp³-hybridized carbons (Fsp3) is 0.727.